The van der Waals surface area contributed by atoms with Gasteiger partial charge in [0, 0.05) is 19.1 Å². The van der Waals surface area contributed by atoms with Crippen LogP contribution < -0.4 is 10.6 Å². The number of aliphatic imine (C=N–C) groups is 1. The molecule has 0 bridgehead atoms. The van der Waals surface area contributed by atoms with Gasteiger partial charge in [0.2, 0.25) is 0 Å². The van der Waals surface area contributed by atoms with E-state index >= 15 is 0 Å². The molecule has 2 rings (SSSR count). The minimum absolute atomic E-state index is 0.484. The summed E-state index contributed by atoms with van der Waals surface area (Å²) >= 11 is 0. The Morgan fingerprint density at radius 3 is 2.60 bits per heavy atom. The molecule has 0 radical (unpaired) electrons. The monoisotopic (exact) mass is 340 g/mol. The van der Waals surface area contributed by atoms with Crippen molar-refractivity contribution in [2.45, 2.75) is 58.2 Å². The number of guanidine groups is 1. The first kappa shape index (κ1) is 19.3. The van der Waals surface area contributed by atoms with E-state index in [2.05, 4.69) is 64.7 Å². The fourth-order valence-corrected chi connectivity index (χ4v) is 3.43. The molecular formula is C21H32N4. The second-order valence-electron chi connectivity index (χ2n) is 6.73. The van der Waals surface area contributed by atoms with Gasteiger partial charge in [0.05, 0.1) is 13.1 Å². The molecule has 0 unspecified atom stereocenters. The van der Waals surface area contributed by atoms with Crippen molar-refractivity contribution in [3.05, 3.63) is 35.4 Å². The van der Waals surface area contributed by atoms with Crippen LogP contribution in [0.2, 0.25) is 0 Å². The maximum absolute atomic E-state index is 5.33. The SMILES string of the molecule is C#CCNC(=NCc1ccccc1CN(C)C1CCCCC1)NCC. The number of hydrogen-bond donors (Lipinski definition) is 2. The minimum atomic E-state index is 0.484. The molecule has 0 aromatic heterocycles. The summed E-state index contributed by atoms with van der Waals surface area (Å²) in [6.07, 6.45) is 12.1. The molecule has 0 aliphatic heterocycles. The van der Waals surface area contributed by atoms with Crippen LogP contribution in [0.3, 0.4) is 0 Å². The lowest BCUT2D eigenvalue weighted by Crippen LogP contribution is -2.37. The normalized spacial score (nSPS) is 15.8. The van der Waals surface area contributed by atoms with Crippen LogP contribution in [0.5, 0.6) is 0 Å². The molecule has 1 fully saturated rings. The Bertz CT molecular complexity index is 582. The largest absolute Gasteiger partial charge is 0.357 e. The van der Waals surface area contributed by atoms with E-state index in [0.717, 1.165) is 25.1 Å². The van der Waals surface area contributed by atoms with Crippen LogP contribution in [-0.4, -0.2) is 37.0 Å². The van der Waals surface area contributed by atoms with Crippen LogP contribution in [0.1, 0.15) is 50.2 Å². The predicted molar refractivity (Wildman–Crippen MR) is 106 cm³/mol. The van der Waals surface area contributed by atoms with Crippen molar-refractivity contribution >= 4 is 5.96 Å². The van der Waals surface area contributed by atoms with Gasteiger partial charge < -0.3 is 10.6 Å². The number of nitrogens with zero attached hydrogens (tertiary/aromatic N) is 2. The van der Waals surface area contributed by atoms with E-state index in [4.69, 9.17) is 6.42 Å². The van der Waals surface area contributed by atoms with Gasteiger partial charge in [0.25, 0.3) is 0 Å². The second kappa shape index (κ2) is 10.8. The molecule has 0 amide bonds. The molecule has 1 aromatic rings. The smallest absolute Gasteiger partial charge is 0.192 e. The zero-order valence-corrected chi connectivity index (χ0v) is 15.7. The topological polar surface area (TPSA) is 39.7 Å². The van der Waals surface area contributed by atoms with Gasteiger partial charge in [-0.1, -0.05) is 49.4 Å². The number of benzene rings is 1. The highest BCUT2D eigenvalue weighted by Gasteiger charge is 2.18. The van der Waals surface area contributed by atoms with Crippen LogP contribution in [0, 0.1) is 12.3 Å². The molecule has 0 atom stereocenters. The molecule has 0 spiro atoms. The lowest BCUT2D eigenvalue weighted by atomic mass is 9.94. The van der Waals surface area contributed by atoms with Crippen LogP contribution in [-0.2, 0) is 13.1 Å². The Morgan fingerprint density at radius 2 is 1.92 bits per heavy atom. The van der Waals surface area contributed by atoms with Crippen LogP contribution >= 0.6 is 0 Å². The average Bonchev–Trinajstić information content (AvgIpc) is 2.65. The maximum Gasteiger partial charge on any atom is 0.192 e. The summed E-state index contributed by atoms with van der Waals surface area (Å²) < 4.78 is 0. The van der Waals surface area contributed by atoms with E-state index in [9.17, 15) is 0 Å². The van der Waals surface area contributed by atoms with Gasteiger partial charge in [-0.2, -0.15) is 0 Å². The highest BCUT2D eigenvalue weighted by Crippen LogP contribution is 2.23. The van der Waals surface area contributed by atoms with Crippen LogP contribution in [0.25, 0.3) is 0 Å². The van der Waals surface area contributed by atoms with Crippen LogP contribution in [0.15, 0.2) is 29.3 Å². The van der Waals surface area contributed by atoms with E-state index in [1.165, 1.54) is 43.2 Å². The number of hydrogen-bond acceptors (Lipinski definition) is 2. The minimum Gasteiger partial charge on any atom is -0.357 e. The molecule has 4 heteroatoms. The standard InChI is InChI=1S/C21H32N4/c1-4-15-23-21(22-5-2)24-16-18-11-9-10-12-19(18)17-25(3)20-13-7-6-8-14-20/h1,9-12,20H,5-8,13-17H2,2-3H3,(H2,22,23,24). The van der Waals surface area contributed by atoms with Crippen molar-refractivity contribution in [1.82, 2.24) is 15.5 Å². The third-order valence-corrected chi connectivity index (χ3v) is 4.85. The molecule has 0 saturated heterocycles. The number of terminal acetylenes is 1. The van der Waals surface area contributed by atoms with Gasteiger partial charge >= 0.3 is 0 Å². The fourth-order valence-electron chi connectivity index (χ4n) is 3.43. The zero-order valence-electron chi connectivity index (χ0n) is 15.7. The lowest BCUT2D eigenvalue weighted by molar-refractivity contribution is 0.184. The van der Waals surface area contributed by atoms with Gasteiger partial charge in [-0.05, 0) is 37.9 Å². The predicted octanol–water partition coefficient (Wildman–Crippen LogP) is 3.14. The van der Waals surface area contributed by atoms with Gasteiger partial charge in [0.15, 0.2) is 5.96 Å². The van der Waals surface area contributed by atoms with E-state index in [-0.39, 0.29) is 0 Å². The summed E-state index contributed by atoms with van der Waals surface area (Å²) in [6, 6.07) is 9.35. The summed E-state index contributed by atoms with van der Waals surface area (Å²) in [5, 5.41) is 6.38. The lowest BCUT2D eigenvalue weighted by Gasteiger charge is -2.31. The van der Waals surface area contributed by atoms with Crippen molar-refractivity contribution in [3.8, 4) is 12.3 Å². The fraction of sp³-hybridized carbons (Fsp3) is 0.571. The van der Waals surface area contributed by atoms with Crippen molar-refractivity contribution in [2.24, 2.45) is 4.99 Å². The molecule has 1 aromatic carbocycles. The zero-order chi connectivity index (χ0) is 17.9. The molecule has 0 heterocycles. The summed E-state index contributed by atoms with van der Waals surface area (Å²) in [4.78, 5) is 7.20. The van der Waals surface area contributed by atoms with Crippen molar-refractivity contribution in [1.29, 1.82) is 0 Å². The summed E-state index contributed by atoms with van der Waals surface area (Å²) in [5.74, 6) is 3.36. The van der Waals surface area contributed by atoms with E-state index in [0.29, 0.717) is 13.1 Å². The molecule has 136 valence electrons. The highest BCUT2D eigenvalue weighted by molar-refractivity contribution is 5.80. The molecule has 4 nitrogen and oxygen atoms in total. The van der Waals surface area contributed by atoms with Gasteiger partial charge in [0.1, 0.15) is 0 Å². The van der Waals surface area contributed by atoms with Crippen molar-refractivity contribution < 1.29 is 0 Å². The first-order valence-electron chi connectivity index (χ1n) is 9.47. The molecule has 2 N–H and O–H groups in total. The first-order valence-corrected chi connectivity index (χ1v) is 9.47. The Labute approximate surface area is 153 Å². The molecule has 1 aliphatic carbocycles. The Kier molecular flexibility index (Phi) is 8.34. The number of nitrogens with one attached hydrogen (secondary N) is 2. The highest BCUT2D eigenvalue weighted by atomic mass is 15.2. The third kappa shape index (κ3) is 6.43. The van der Waals surface area contributed by atoms with Crippen molar-refractivity contribution in [3.63, 3.8) is 0 Å². The van der Waals surface area contributed by atoms with E-state index < -0.39 is 0 Å². The summed E-state index contributed by atoms with van der Waals surface area (Å²) in [7, 11) is 2.26. The van der Waals surface area contributed by atoms with Gasteiger partial charge in [-0.15, -0.1) is 6.42 Å². The second-order valence-corrected chi connectivity index (χ2v) is 6.73. The maximum atomic E-state index is 5.33. The average molecular weight is 341 g/mol. The number of rotatable bonds is 7. The molecule has 1 aliphatic rings. The molecule has 1 saturated carbocycles. The first-order chi connectivity index (χ1) is 12.2. The van der Waals surface area contributed by atoms with E-state index in [1.54, 1.807) is 0 Å². The Morgan fingerprint density at radius 1 is 1.20 bits per heavy atom. The quantitative estimate of drug-likeness (QED) is 0.455. The van der Waals surface area contributed by atoms with Crippen LogP contribution in [0.4, 0.5) is 0 Å². The Balaban J connectivity index is 2.02. The van der Waals surface area contributed by atoms with Gasteiger partial charge in [-0.3, -0.25) is 4.90 Å². The Hall–Kier alpha value is -1.99. The third-order valence-electron chi connectivity index (χ3n) is 4.85. The van der Waals surface area contributed by atoms with Gasteiger partial charge in [-0.25, -0.2) is 4.99 Å². The van der Waals surface area contributed by atoms with Crippen molar-refractivity contribution in [2.75, 3.05) is 20.1 Å². The molecule has 25 heavy (non-hydrogen) atoms. The van der Waals surface area contributed by atoms with E-state index in [1.807, 2.05) is 0 Å². The molecular weight excluding hydrogens is 308 g/mol. The summed E-state index contributed by atoms with van der Waals surface area (Å²) in [5.41, 5.74) is 2.65. The summed E-state index contributed by atoms with van der Waals surface area (Å²) in [6.45, 7) is 5.01.